The number of likely N-dealkylation sites (N-methyl/N-ethyl adjacent to an activating group) is 2. The number of carbonyl (C=O) groups is 1. The molecule has 0 atom stereocenters. The van der Waals surface area contributed by atoms with E-state index in [0.29, 0.717) is 23.1 Å². The van der Waals surface area contributed by atoms with Crippen molar-refractivity contribution in [3.8, 4) is 23.1 Å². The zero-order valence-electron chi connectivity index (χ0n) is 25.5. The fourth-order valence-electron chi connectivity index (χ4n) is 5.61. The average Bonchev–Trinajstić information content (AvgIpc) is 3.40. The zero-order chi connectivity index (χ0) is 30.7. The number of rotatable bonds is 11. The van der Waals surface area contributed by atoms with Crippen molar-refractivity contribution in [2.45, 2.75) is 32.7 Å². The molecule has 1 amide bonds. The van der Waals surface area contributed by atoms with Crippen LogP contribution in [0.1, 0.15) is 30.0 Å². The van der Waals surface area contributed by atoms with Gasteiger partial charge >= 0.3 is 0 Å². The first-order valence-electron chi connectivity index (χ1n) is 14.5. The van der Waals surface area contributed by atoms with Gasteiger partial charge in [-0.05, 0) is 62.7 Å². The molecule has 0 saturated heterocycles. The highest BCUT2D eigenvalue weighted by atomic mass is 16.5. The zero-order valence-corrected chi connectivity index (χ0v) is 25.5. The number of carbonyl (C=O) groups excluding carboxylic acids is 1. The largest absolute Gasteiger partial charge is 0.494 e. The van der Waals surface area contributed by atoms with Crippen molar-refractivity contribution in [2.24, 2.45) is 0 Å². The van der Waals surface area contributed by atoms with E-state index in [4.69, 9.17) is 9.72 Å². The number of hydrogen-bond donors (Lipinski definition) is 2. The molecule has 1 aliphatic heterocycles. The number of nitriles is 1. The molecule has 43 heavy (non-hydrogen) atoms. The Morgan fingerprint density at radius 3 is 2.74 bits per heavy atom. The number of ether oxygens (including phenoxy) is 1. The number of benzene rings is 2. The van der Waals surface area contributed by atoms with Crippen LogP contribution >= 0.6 is 0 Å². The van der Waals surface area contributed by atoms with Gasteiger partial charge in [0.05, 0.1) is 47.0 Å². The van der Waals surface area contributed by atoms with Crippen molar-refractivity contribution in [1.82, 2.24) is 19.4 Å². The molecule has 0 bridgehead atoms. The van der Waals surface area contributed by atoms with E-state index >= 15 is 0 Å². The lowest BCUT2D eigenvalue weighted by molar-refractivity contribution is -0.111. The Balaban J connectivity index is 1.57. The Hall–Kier alpha value is -4.88. The Morgan fingerprint density at radius 1 is 1.23 bits per heavy atom. The molecule has 0 unspecified atom stereocenters. The minimum Gasteiger partial charge on any atom is -0.494 e. The summed E-state index contributed by atoms with van der Waals surface area (Å²) in [5.74, 6) is 0.686. The van der Waals surface area contributed by atoms with Crippen molar-refractivity contribution >= 4 is 39.8 Å². The van der Waals surface area contributed by atoms with Gasteiger partial charge in [0.2, 0.25) is 11.9 Å². The van der Waals surface area contributed by atoms with Gasteiger partial charge in [-0.1, -0.05) is 19.6 Å². The van der Waals surface area contributed by atoms with Gasteiger partial charge in [-0.25, -0.2) is 9.97 Å². The summed E-state index contributed by atoms with van der Waals surface area (Å²) in [7, 11) is 7.63. The average molecular weight is 579 g/mol. The first-order chi connectivity index (χ1) is 20.8. The molecule has 10 nitrogen and oxygen atoms in total. The first-order valence-corrected chi connectivity index (χ1v) is 14.5. The van der Waals surface area contributed by atoms with Crippen LogP contribution in [0.25, 0.3) is 22.2 Å². The Morgan fingerprint density at radius 2 is 2.05 bits per heavy atom. The molecule has 0 fully saturated rings. The minimum atomic E-state index is -0.308. The summed E-state index contributed by atoms with van der Waals surface area (Å²) < 4.78 is 8.03. The molecule has 2 aromatic carbocycles. The molecule has 2 N–H and O–H groups in total. The molecule has 4 aromatic rings. The van der Waals surface area contributed by atoms with Crippen molar-refractivity contribution in [1.29, 1.82) is 5.26 Å². The second-order valence-corrected chi connectivity index (χ2v) is 11.0. The molecule has 10 heteroatoms. The van der Waals surface area contributed by atoms with Gasteiger partial charge < -0.3 is 29.7 Å². The number of nitrogens with zero attached hydrogens (tertiary/aromatic N) is 6. The Kier molecular flexibility index (Phi) is 8.64. The van der Waals surface area contributed by atoms with E-state index in [1.165, 1.54) is 6.08 Å². The third-order valence-electron chi connectivity index (χ3n) is 7.89. The second kappa shape index (κ2) is 12.5. The Labute approximate surface area is 252 Å². The quantitative estimate of drug-likeness (QED) is 0.229. The summed E-state index contributed by atoms with van der Waals surface area (Å²) in [5.41, 5.74) is 7.90. The summed E-state index contributed by atoms with van der Waals surface area (Å²) in [6.45, 7) is 8.19. The smallest absolute Gasteiger partial charge is 0.247 e. The molecule has 3 heterocycles. The van der Waals surface area contributed by atoms with Gasteiger partial charge in [-0.15, -0.1) is 0 Å². The van der Waals surface area contributed by atoms with E-state index in [-0.39, 0.29) is 5.91 Å². The second-order valence-electron chi connectivity index (χ2n) is 11.0. The van der Waals surface area contributed by atoms with Crippen LogP contribution in [0, 0.1) is 11.3 Å². The fraction of sp³-hybridized carbons (Fsp3) is 0.333. The number of aryl methyl sites for hydroxylation is 3. The van der Waals surface area contributed by atoms with Crippen LogP contribution in [-0.2, 0) is 24.2 Å². The maximum absolute atomic E-state index is 12.4. The van der Waals surface area contributed by atoms with Crippen molar-refractivity contribution in [3.05, 3.63) is 66.0 Å². The summed E-state index contributed by atoms with van der Waals surface area (Å²) in [6, 6.07) is 10.1. The minimum absolute atomic E-state index is 0.308. The number of nitrogens with one attached hydrogen (secondary N) is 2. The molecule has 1 aliphatic rings. The highest BCUT2D eigenvalue weighted by Gasteiger charge is 2.23. The van der Waals surface area contributed by atoms with Crippen molar-refractivity contribution in [3.63, 3.8) is 0 Å². The highest BCUT2D eigenvalue weighted by molar-refractivity contribution is 6.02. The summed E-state index contributed by atoms with van der Waals surface area (Å²) >= 11 is 0. The lowest BCUT2D eigenvalue weighted by Crippen LogP contribution is -2.29. The molecular formula is C33H38N8O2. The van der Waals surface area contributed by atoms with Crippen LogP contribution in [0.3, 0.4) is 0 Å². The highest BCUT2D eigenvalue weighted by Crippen LogP contribution is 2.40. The van der Waals surface area contributed by atoms with Crippen LogP contribution in [0.4, 0.5) is 23.0 Å². The van der Waals surface area contributed by atoms with E-state index < -0.39 is 0 Å². The number of hydrogen-bond acceptors (Lipinski definition) is 8. The van der Waals surface area contributed by atoms with Gasteiger partial charge in [0.25, 0.3) is 0 Å². The third-order valence-corrected chi connectivity index (χ3v) is 7.89. The van der Waals surface area contributed by atoms with Crippen LogP contribution in [-0.4, -0.2) is 66.7 Å². The van der Waals surface area contributed by atoms with Gasteiger partial charge in [0, 0.05) is 56.1 Å². The number of aromatic nitrogens is 3. The predicted octanol–water partition coefficient (Wildman–Crippen LogP) is 5.35. The molecule has 222 valence electrons. The normalized spacial score (nSPS) is 12.2. The van der Waals surface area contributed by atoms with Crippen LogP contribution < -0.4 is 20.3 Å². The predicted molar refractivity (Wildman–Crippen MR) is 172 cm³/mol. The van der Waals surface area contributed by atoms with Crippen LogP contribution in [0.5, 0.6) is 5.75 Å². The van der Waals surface area contributed by atoms with Crippen molar-refractivity contribution in [2.75, 3.05) is 56.9 Å². The summed E-state index contributed by atoms with van der Waals surface area (Å²) in [4.78, 5) is 26.2. The summed E-state index contributed by atoms with van der Waals surface area (Å²) in [6.07, 6.45) is 7.91. The van der Waals surface area contributed by atoms with E-state index in [2.05, 4.69) is 55.8 Å². The molecule has 5 rings (SSSR count). The van der Waals surface area contributed by atoms with E-state index in [9.17, 15) is 10.1 Å². The number of anilines is 4. The fourth-order valence-corrected chi connectivity index (χ4v) is 5.61. The lowest BCUT2D eigenvalue weighted by Gasteiger charge is -2.26. The number of amides is 1. The molecule has 0 aliphatic carbocycles. The van der Waals surface area contributed by atoms with Gasteiger partial charge in [0.15, 0.2) is 0 Å². The summed E-state index contributed by atoms with van der Waals surface area (Å²) in [5, 5.41) is 17.1. The van der Waals surface area contributed by atoms with Crippen LogP contribution in [0.2, 0.25) is 0 Å². The van der Waals surface area contributed by atoms with E-state index in [0.717, 1.165) is 83.4 Å². The number of methoxy groups -OCH3 is 1. The standard InChI is InChI=1S/C33H38N8O2/c1-7-21-19-35-33(38-31(21)25-20-41-13-9-10-23-22(18-34)11-12-24(25)32(23)41)37-27-16-26(36-30(42)8-2)28(17-29(27)43-6)40(5)15-14-39(3)4/h8,11-12,16-17,19-20H,2,7,9-10,13-15H2,1,3-6H3,(H,36,42)(H,35,37,38). The molecule has 0 radical (unpaired) electrons. The lowest BCUT2D eigenvalue weighted by atomic mass is 9.96. The SMILES string of the molecule is C=CC(=O)Nc1cc(Nc2ncc(CC)c(-c3cn4c5c(c(C#N)ccc35)CCC4)n2)c(OC)cc1N(C)CCN(C)C. The first kappa shape index (κ1) is 29.6. The van der Waals surface area contributed by atoms with Gasteiger partial charge in [-0.2, -0.15) is 5.26 Å². The topological polar surface area (TPSA) is 111 Å². The van der Waals surface area contributed by atoms with E-state index in [1.54, 1.807) is 7.11 Å². The van der Waals surface area contributed by atoms with Crippen molar-refractivity contribution < 1.29 is 9.53 Å². The maximum Gasteiger partial charge on any atom is 0.247 e. The molecule has 0 spiro atoms. The Bertz CT molecular complexity index is 1730. The van der Waals surface area contributed by atoms with E-state index in [1.807, 2.05) is 51.6 Å². The monoisotopic (exact) mass is 578 g/mol. The molecule has 0 saturated carbocycles. The molecule has 2 aromatic heterocycles. The third kappa shape index (κ3) is 5.90. The van der Waals surface area contributed by atoms with Gasteiger partial charge in [-0.3, -0.25) is 4.79 Å². The van der Waals surface area contributed by atoms with Gasteiger partial charge in [0.1, 0.15) is 5.75 Å². The maximum atomic E-state index is 12.4. The van der Waals surface area contributed by atoms with Crippen LogP contribution in [0.15, 0.2) is 49.3 Å². The molecular weight excluding hydrogens is 540 g/mol.